The van der Waals surface area contributed by atoms with E-state index >= 15 is 0 Å². The molecule has 0 N–H and O–H groups in total. The summed E-state index contributed by atoms with van der Waals surface area (Å²) in [6.45, 7) is 6.06. The molecule has 2 aliphatic heterocycles. The molecule has 0 saturated carbocycles. The summed E-state index contributed by atoms with van der Waals surface area (Å²) in [6.07, 6.45) is -2.58. The maximum absolute atomic E-state index is 13.5. The molecule has 0 aromatic heterocycles. The number of halogens is 3. The van der Waals surface area contributed by atoms with Crippen LogP contribution in [0.25, 0.3) is 0 Å². The molecule has 1 amide bonds. The third-order valence-corrected chi connectivity index (χ3v) is 5.77. The van der Waals surface area contributed by atoms with Gasteiger partial charge >= 0.3 is 6.18 Å². The topological polar surface area (TPSA) is 26.8 Å². The van der Waals surface area contributed by atoms with Gasteiger partial charge in [0.2, 0.25) is 5.91 Å². The average molecular weight is 383 g/mol. The highest BCUT2D eigenvalue weighted by atomic mass is 19.4. The largest absolute Gasteiger partial charge is 0.418 e. The summed E-state index contributed by atoms with van der Waals surface area (Å²) < 4.78 is 40.5. The Morgan fingerprint density at radius 3 is 2.26 bits per heavy atom. The van der Waals surface area contributed by atoms with E-state index in [2.05, 4.69) is 4.90 Å². The first-order valence-corrected chi connectivity index (χ1v) is 9.72. The van der Waals surface area contributed by atoms with E-state index < -0.39 is 11.7 Å². The predicted octanol–water partition coefficient (Wildman–Crippen LogP) is 3.26. The predicted molar refractivity (Wildman–Crippen MR) is 99.8 cm³/mol. The van der Waals surface area contributed by atoms with Gasteiger partial charge in [0.25, 0.3) is 0 Å². The maximum Gasteiger partial charge on any atom is 0.418 e. The van der Waals surface area contributed by atoms with E-state index in [4.69, 9.17) is 0 Å². The minimum Gasteiger partial charge on any atom is -0.371 e. The molecule has 7 heteroatoms. The normalized spacial score (nSPS) is 20.2. The van der Waals surface area contributed by atoms with Gasteiger partial charge in [0.1, 0.15) is 0 Å². The number of piperazine rings is 1. The Morgan fingerprint density at radius 1 is 1.07 bits per heavy atom. The third kappa shape index (κ3) is 4.57. The van der Waals surface area contributed by atoms with E-state index in [0.717, 1.165) is 26.2 Å². The lowest BCUT2D eigenvalue weighted by atomic mass is 9.93. The van der Waals surface area contributed by atoms with Gasteiger partial charge in [0.15, 0.2) is 0 Å². The van der Waals surface area contributed by atoms with Crippen molar-refractivity contribution in [1.29, 1.82) is 0 Å². The molecule has 0 atom stereocenters. The summed E-state index contributed by atoms with van der Waals surface area (Å²) in [5.41, 5.74) is 0.363. The van der Waals surface area contributed by atoms with Crippen LogP contribution in [0.3, 0.4) is 0 Å². The lowest BCUT2D eigenvalue weighted by Crippen LogP contribution is -2.50. The number of carbonyl (C=O) groups is 1. The number of anilines is 1. The Kier molecular flexibility index (Phi) is 5.99. The van der Waals surface area contributed by atoms with Crippen molar-refractivity contribution in [3.63, 3.8) is 0 Å². The number of carbonyl (C=O) groups excluding carboxylic acids is 1. The molecule has 1 aromatic carbocycles. The number of likely N-dealkylation sites (N-methyl/N-ethyl adjacent to an activating group) is 1. The van der Waals surface area contributed by atoms with E-state index in [0.29, 0.717) is 37.9 Å². The van der Waals surface area contributed by atoms with E-state index in [9.17, 15) is 18.0 Å². The summed E-state index contributed by atoms with van der Waals surface area (Å²) in [7, 11) is 2.04. The number of hydrogen-bond acceptors (Lipinski definition) is 3. The molecule has 27 heavy (non-hydrogen) atoms. The molecule has 0 bridgehead atoms. The Balaban J connectivity index is 1.66. The summed E-state index contributed by atoms with van der Waals surface area (Å²) in [5.74, 6) is 0.0917. The first-order chi connectivity index (χ1) is 12.8. The second kappa shape index (κ2) is 8.09. The highest BCUT2D eigenvalue weighted by Gasteiger charge is 2.37. The molecule has 0 spiro atoms. The Bertz CT molecular complexity index is 661. The quantitative estimate of drug-likeness (QED) is 0.802. The summed E-state index contributed by atoms with van der Waals surface area (Å²) in [6, 6.07) is 4.62. The summed E-state index contributed by atoms with van der Waals surface area (Å²) >= 11 is 0. The lowest BCUT2D eigenvalue weighted by molar-refractivity contribution is -0.138. The van der Waals surface area contributed by atoms with Gasteiger partial charge in [-0.1, -0.05) is 13.0 Å². The van der Waals surface area contributed by atoms with Crippen LogP contribution in [-0.4, -0.2) is 62.0 Å². The fourth-order valence-electron chi connectivity index (χ4n) is 3.96. The molecule has 0 aliphatic carbocycles. The van der Waals surface area contributed by atoms with Crippen LogP contribution in [0.15, 0.2) is 18.2 Å². The van der Waals surface area contributed by atoms with Crippen LogP contribution in [0.4, 0.5) is 18.9 Å². The monoisotopic (exact) mass is 383 g/mol. The molecule has 3 rings (SSSR count). The molecule has 4 nitrogen and oxygen atoms in total. The van der Waals surface area contributed by atoms with Gasteiger partial charge in [-0.15, -0.1) is 0 Å². The zero-order valence-corrected chi connectivity index (χ0v) is 16.1. The number of alkyl halides is 3. The number of hydrogen-bond donors (Lipinski definition) is 0. The third-order valence-electron chi connectivity index (χ3n) is 5.77. The van der Waals surface area contributed by atoms with E-state index in [1.165, 1.54) is 6.07 Å². The summed E-state index contributed by atoms with van der Waals surface area (Å²) in [5, 5.41) is 0. The van der Waals surface area contributed by atoms with E-state index in [1.807, 2.05) is 18.9 Å². The van der Waals surface area contributed by atoms with Crippen molar-refractivity contribution in [1.82, 2.24) is 9.80 Å². The van der Waals surface area contributed by atoms with Crippen LogP contribution in [0.1, 0.15) is 30.9 Å². The minimum absolute atomic E-state index is 0.0751. The molecule has 2 fully saturated rings. The molecule has 150 valence electrons. The van der Waals surface area contributed by atoms with Gasteiger partial charge in [0, 0.05) is 50.9 Å². The molecule has 1 aromatic rings. The Labute approximate surface area is 158 Å². The van der Waals surface area contributed by atoms with Crippen molar-refractivity contribution in [2.24, 2.45) is 5.92 Å². The number of amides is 1. The second-order valence-electron chi connectivity index (χ2n) is 7.59. The molecule has 0 radical (unpaired) electrons. The number of rotatable bonds is 3. The van der Waals surface area contributed by atoms with Crippen LogP contribution in [-0.2, 0) is 17.4 Å². The summed E-state index contributed by atoms with van der Waals surface area (Å²) in [4.78, 5) is 18.6. The van der Waals surface area contributed by atoms with Crippen molar-refractivity contribution in [3.8, 4) is 0 Å². The number of benzene rings is 1. The van der Waals surface area contributed by atoms with Crippen molar-refractivity contribution in [2.75, 3.05) is 51.2 Å². The van der Waals surface area contributed by atoms with Gasteiger partial charge < -0.3 is 14.7 Å². The molecular weight excluding hydrogens is 355 g/mol. The van der Waals surface area contributed by atoms with Crippen LogP contribution in [0.2, 0.25) is 0 Å². The minimum atomic E-state index is -4.37. The highest BCUT2D eigenvalue weighted by molar-refractivity contribution is 5.79. The number of nitrogens with zero attached hydrogens (tertiary/aromatic N) is 3. The van der Waals surface area contributed by atoms with E-state index in [-0.39, 0.29) is 17.5 Å². The van der Waals surface area contributed by atoms with Crippen LogP contribution >= 0.6 is 0 Å². The molecule has 2 saturated heterocycles. The molecule has 0 unspecified atom stereocenters. The zero-order valence-electron chi connectivity index (χ0n) is 16.1. The van der Waals surface area contributed by atoms with E-state index in [1.54, 1.807) is 17.0 Å². The van der Waals surface area contributed by atoms with Gasteiger partial charge in [-0.05, 0) is 44.0 Å². The van der Waals surface area contributed by atoms with Crippen molar-refractivity contribution >= 4 is 11.6 Å². The standard InChI is InChI=1S/C20H28F3N3O/c1-3-15-4-5-18(17(14-15)20(21,22)23)25-8-6-16(7-9-25)19(27)26-12-10-24(2)11-13-26/h4-5,14,16H,3,6-13H2,1-2H3. The van der Waals surface area contributed by atoms with Crippen molar-refractivity contribution < 1.29 is 18.0 Å². The lowest BCUT2D eigenvalue weighted by Gasteiger charge is -2.38. The average Bonchev–Trinajstić information content (AvgIpc) is 2.67. The Hall–Kier alpha value is -1.76. The number of piperidine rings is 1. The van der Waals surface area contributed by atoms with Crippen LogP contribution in [0.5, 0.6) is 0 Å². The SMILES string of the molecule is CCc1ccc(N2CCC(C(=O)N3CCN(C)CC3)CC2)c(C(F)(F)F)c1. The molecule has 2 aliphatic rings. The fourth-order valence-corrected chi connectivity index (χ4v) is 3.96. The first kappa shape index (κ1) is 20.0. The Morgan fingerprint density at radius 2 is 1.70 bits per heavy atom. The molecule has 2 heterocycles. The van der Waals surface area contributed by atoms with Crippen LogP contribution < -0.4 is 4.90 Å². The number of aryl methyl sites for hydroxylation is 1. The van der Waals surface area contributed by atoms with Crippen LogP contribution in [0, 0.1) is 5.92 Å². The van der Waals surface area contributed by atoms with Gasteiger partial charge in [-0.25, -0.2) is 0 Å². The van der Waals surface area contributed by atoms with Gasteiger partial charge in [-0.3, -0.25) is 4.79 Å². The maximum atomic E-state index is 13.5. The van der Waals surface area contributed by atoms with Crippen molar-refractivity contribution in [3.05, 3.63) is 29.3 Å². The van der Waals surface area contributed by atoms with Gasteiger partial charge in [0.05, 0.1) is 5.56 Å². The second-order valence-corrected chi connectivity index (χ2v) is 7.59. The smallest absolute Gasteiger partial charge is 0.371 e. The highest BCUT2D eigenvalue weighted by Crippen LogP contribution is 2.38. The molecular formula is C20H28F3N3O. The first-order valence-electron chi connectivity index (χ1n) is 9.72. The van der Waals surface area contributed by atoms with Gasteiger partial charge in [-0.2, -0.15) is 13.2 Å². The zero-order chi connectivity index (χ0) is 19.6. The van der Waals surface area contributed by atoms with Crippen molar-refractivity contribution in [2.45, 2.75) is 32.4 Å². The fraction of sp³-hybridized carbons (Fsp3) is 0.650.